The van der Waals surface area contributed by atoms with Gasteiger partial charge in [-0.25, -0.2) is 4.79 Å². The Morgan fingerprint density at radius 3 is 2.09 bits per heavy atom. The molecule has 0 spiro atoms. The highest BCUT2D eigenvalue weighted by Crippen LogP contribution is 2.26. The van der Waals surface area contributed by atoms with Crippen LogP contribution in [0.3, 0.4) is 0 Å². The van der Waals surface area contributed by atoms with Crippen LogP contribution in [-0.2, 0) is 19.1 Å². The van der Waals surface area contributed by atoms with Crippen molar-refractivity contribution in [2.24, 2.45) is 11.8 Å². The van der Waals surface area contributed by atoms with Crippen molar-refractivity contribution in [2.75, 3.05) is 27.3 Å². The van der Waals surface area contributed by atoms with Crippen LogP contribution < -0.4 is 0 Å². The van der Waals surface area contributed by atoms with E-state index in [4.69, 9.17) is 20.0 Å². The van der Waals surface area contributed by atoms with Gasteiger partial charge < -0.3 is 14.4 Å². The highest BCUT2D eigenvalue weighted by atomic mass is 16.5. The quantitative estimate of drug-likeness (QED) is 0.490. The van der Waals surface area contributed by atoms with E-state index >= 15 is 0 Å². The SMILES string of the molecule is CCOC(=O)CC(/C(=C\N(C)C)C(=O)OCC)C(C#N)C#N. The van der Waals surface area contributed by atoms with E-state index in [1.165, 1.54) is 6.20 Å². The van der Waals surface area contributed by atoms with E-state index in [2.05, 4.69) is 0 Å². The molecule has 7 heteroatoms. The van der Waals surface area contributed by atoms with Crippen LogP contribution in [-0.4, -0.2) is 44.1 Å². The zero-order valence-electron chi connectivity index (χ0n) is 13.3. The molecule has 0 aliphatic heterocycles. The third kappa shape index (κ3) is 6.27. The van der Waals surface area contributed by atoms with Gasteiger partial charge in [0.05, 0.1) is 37.3 Å². The molecule has 1 atom stereocenters. The molecule has 0 aliphatic carbocycles. The molecule has 0 aromatic heterocycles. The molecule has 0 saturated heterocycles. The zero-order valence-corrected chi connectivity index (χ0v) is 13.3. The molecule has 1 unspecified atom stereocenters. The minimum absolute atomic E-state index is 0.105. The summed E-state index contributed by atoms with van der Waals surface area (Å²) in [6, 6.07) is 3.63. The number of nitriles is 2. The van der Waals surface area contributed by atoms with E-state index in [1.807, 2.05) is 12.1 Å². The molecule has 0 fully saturated rings. The highest BCUT2D eigenvalue weighted by Gasteiger charge is 2.33. The van der Waals surface area contributed by atoms with Crippen LogP contribution in [0.1, 0.15) is 20.3 Å². The number of rotatable bonds is 8. The van der Waals surface area contributed by atoms with Crippen molar-refractivity contribution in [3.8, 4) is 12.1 Å². The molecule has 0 aromatic carbocycles. The number of hydrogen-bond acceptors (Lipinski definition) is 7. The van der Waals surface area contributed by atoms with Crippen LogP contribution in [0.5, 0.6) is 0 Å². The van der Waals surface area contributed by atoms with E-state index in [0.717, 1.165) is 0 Å². The maximum Gasteiger partial charge on any atom is 0.335 e. The summed E-state index contributed by atoms with van der Waals surface area (Å²) in [6.07, 6.45) is 1.22. The summed E-state index contributed by atoms with van der Waals surface area (Å²) in [5.74, 6) is -3.28. The monoisotopic (exact) mass is 307 g/mol. The maximum absolute atomic E-state index is 12.1. The molecule has 0 N–H and O–H groups in total. The summed E-state index contributed by atoms with van der Waals surface area (Å²) >= 11 is 0. The summed E-state index contributed by atoms with van der Waals surface area (Å²) in [5, 5.41) is 18.2. The predicted octanol–water partition coefficient (Wildman–Crippen LogP) is 1.23. The first-order valence-electron chi connectivity index (χ1n) is 6.91. The number of ether oxygens (including phenoxy) is 2. The van der Waals surface area contributed by atoms with Gasteiger partial charge in [0.25, 0.3) is 0 Å². The lowest BCUT2D eigenvalue weighted by Crippen LogP contribution is -2.26. The molecule has 120 valence electrons. The van der Waals surface area contributed by atoms with Crippen LogP contribution in [0, 0.1) is 34.5 Å². The minimum atomic E-state index is -1.15. The van der Waals surface area contributed by atoms with E-state index in [9.17, 15) is 9.59 Å². The van der Waals surface area contributed by atoms with Crippen molar-refractivity contribution in [1.29, 1.82) is 10.5 Å². The van der Waals surface area contributed by atoms with Crippen LogP contribution in [0.25, 0.3) is 0 Å². The van der Waals surface area contributed by atoms with Crippen molar-refractivity contribution in [3.63, 3.8) is 0 Å². The molecule has 7 nitrogen and oxygen atoms in total. The second-order valence-electron chi connectivity index (χ2n) is 4.62. The third-order valence-corrected chi connectivity index (χ3v) is 2.68. The molecule has 0 aromatic rings. The van der Waals surface area contributed by atoms with Crippen molar-refractivity contribution >= 4 is 11.9 Å². The number of esters is 2. The van der Waals surface area contributed by atoms with E-state index in [-0.39, 0.29) is 25.2 Å². The molecular weight excluding hydrogens is 286 g/mol. The lowest BCUT2D eigenvalue weighted by atomic mass is 9.85. The summed E-state index contributed by atoms with van der Waals surface area (Å²) in [4.78, 5) is 25.4. The Labute approximate surface area is 130 Å². The lowest BCUT2D eigenvalue weighted by Gasteiger charge is -2.20. The lowest BCUT2D eigenvalue weighted by molar-refractivity contribution is -0.144. The highest BCUT2D eigenvalue weighted by molar-refractivity contribution is 5.90. The van der Waals surface area contributed by atoms with E-state index < -0.39 is 23.8 Å². The molecular formula is C15H21N3O4. The fourth-order valence-corrected chi connectivity index (χ4v) is 1.81. The normalized spacial score (nSPS) is 12.0. The van der Waals surface area contributed by atoms with E-state index in [0.29, 0.717) is 0 Å². The number of carbonyl (C=O) groups excluding carboxylic acids is 2. The molecule has 22 heavy (non-hydrogen) atoms. The van der Waals surface area contributed by atoms with Crippen molar-refractivity contribution in [1.82, 2.24) is 4.90 Å². The van der Waals surface area contributed by atoms with Crippen LogP contribution in [0.15, 0.2) is 11.8 Å². The molecule has 0 saturated carbocycles. The van der Waals surface area contributed by atoms with Gasteiger partial charge in [-0.2, -0.15) is 10.5 Å². The maximum atomic E-state index is 12.1. The number of nitrogens with zero attached hydrogens (tertiary/aromatic N) is 3. The van der Waals surface area contributed by atoms with Gasteiger partial charge in [-0.15, -0.1) is 0 Å². The molecule has 0 rings (SSSR count). The first kappa shape index (κ1) is 19.5. The molecule has 0 aliphatic rings. The average Bonchev–Trinajstić information content (AvgIpc) is 2.45. The van der Waals surface area contributed by atoms with Gasteiger partial charge in [0, 0.05) is 26.2 Å². The van der Waals surface area contributed by atoms with Crippen molar-refractivity contribution in [2.45, 2.75) is 20.3 Å². The standard InChI is InChI=1S/C15H21N3O4/c1-5-21-14(19)7-12(11(8-16)9-17)13(10-18(3)4)15(20)22-6-2/h10-12H,5-7H2,1-4H3/b13-10+. The van der Waals surface area contributed by atoms with Crippen LogP contribution >= 0.6 is 0 Å². The van der Waals surface area contributed by atoms with Gasteiger partial charge >= 0.3 is 11.9 Å². The fraction of sp³-hybridized carbons (Fsp3) is 0.600. The van der Waals surface area contributed by atoms with Gasteiger partial charge in [0.2, 0.25) is 0 Å². The summed E-state index contributed by atoms with van der Waals surface area (Å²) in [5.41, 5.74) is 0.105. The van der Waals surface area contributed by atoms with Gasteiger partial charge in [-0.1, -0.05) is 0 Å². The summed E-state index contributed by atoms with van der Waals surface area (Å²) in [6.45, 7) is 3.64. The van der Waals surface area contributed by atoms with Crippen molar-refractivity contribution < 1.29 is 19.1 Å². The van der Waals surface area contributed by atoms with Gasteiger partial charge in [0.1, 0.15) is 5.92 Å². The van der Waals surface area contributed by atoms with Gasteiger partial charge in [0.15, 0.2) is 0 Å². The Morgan fingerprint density at radius 2 is 1.68 bits per heavy atom. The third-order valence-electron chi connectivity index (χ3n) is 2.68. The van der Waals surface area contributed by atoms with Gasteiger partial charge in [-0.05, 0) is 13.8 Å². The molecule has 0 heterocycles. The Balaban J connectivity index is 5.65. The molecule has 0 amide bonds. The average molecular weight is 307 g/mol. The Kier molecular flexibility index (Phi) is 9.04. The predicted molar refractivity (Wildman–Crippen MR) is 77.9 cm³/mol. The first-order chi connectivity index (χ1) is 10.4. The second kappa shape index (κ2) is 10.2. The topological polar surface area (TPSA) is 103 Å². The van der Waals surface area contributed by atoms with Gasteiger partial charge in [-0.3, -0.25) is 4.79 Å². The number of hydrogen-bond donors (Lipinski definition) is 0. The minimum Gasteiger partial charge on any atom is -0.466 e. The molecule has 0 bridgehead atoms. The van der Waals surface area contributed by atoms with E-state index in [1.54, 1.807) is 32.8 Å². The second-order valence-corrected chi connectivity index (χ2v) is 4.62. The summed E-state index contributed by atoms with van der Waals surface area (Å²) in [7, 11) is 3.38. The fourth-order valence-electron chi connectivity index (χ4n) is 1.81. The molecule has 0 radical (unpaired) electrons. The summed E-state index contributed by atoms with van der Waals surface area (Å²) < 4.78 is 9.82. The number of carbonyl (C=O) groups is 2. The van der Waals surface area contributed by atoms with Crippen LogP contribution in [0.2, 0.25) is 0 Å². The Morgan fingerprint density at radius 1 is 1.14 bits per heavy atom. The largest absolute Gasteiger partial charge is 0.466 e. The smallest absolute Gasteiger partial charge is 0.335 e. The van der Waals surface area contributed by atoms with Crippen LogP contribution in [0.4, 0.5) is 0 Å². The Bertz CT molecular complexity index is 486. The Hall–Kier alpha value is -2.54. The zero-order chi connectivity index (χ0) is 17.1. The van der Waals surface area contributed by atoms with Crippen molar-refractivity contribution in [3.05, 3.63) is 11.8 Å². The first-order valence-corrected chi connectivity index (χ1v) is 6.91.